The van der Waals surface area contributed by atoms with Gasteiger partial charge in [0.25, 0.3) is 0 Å². The number of aliphatic hydroxyl groups is 4. The summed E-state index contributed by atoms with van der Waals surface area (Å²) in [6.45, 7) is 3.19. The van der Waals surface area contributed by atoms with Gasteiger partial charge in [-0.05, 0) is 57.8 Å². The summed E-state index contributed by atoms with van der Waals surface area (Å²) in [5.41, 5.74) is 0. The molecule has 4 N–H and O–H groups in total. The first-order valence-electron chi connectivity index (χ1n) is 22.7. The van der Waals surface area contributed by atoms with Crippen LogP contribution in [0.15, 0.2) is 85.1 Å². The van der Waals surface area contributed by atoms with E-state index in [0.29, 0.717) is 6.42 Å². The van der Waals surface area contributed by atoms with Crippen molar-refractivity contribution in [1.82, 2.24) is 0 Å². The van der Waals surface area contributed by atoms with E-state index < -0.39 is 55.4 Å². The molecular formula is C49H80O10. The Kier molecular flexibility index (Phi) is 35.7. The maximum absolute atomic E-state index is 12.7. The number of carbonyl (C=O) groups excluding carboxylic acids is 2. The number of ether oxygens (including phenoxy) is 4. The zero-order valence-electron chi connectivity index (χ0n) is 36.5. The number of esters is 2. The van der Waals surface area contributed by atoms with E-state index >= 15 is 0 Å². The predicted molar refractivity (Wildman–Crippen MR) is 237 cm³/mol. The Morgan fingerprint density at radius 1 is 0.576 bits per heavy atom. The van der Waals surface area contributed by atoms with E-state index in [1.54, 1.807) is 12.2 Å². The molecule has 0 aromatic heterocycles. The molecule has 10 nitrogen and oxygen atoms in total. The van der Waals surface area contributed by atoms with E-state index in [0.717, 1.165) is 38.5 Å². The van der Waals surface area contributed by atoms with Crippen LogP contribution in [0.1, 0.15) is 155 Å². The number of hydrogen-bond donors (Lipinski definition) is 4. The van der Waals surface area contributed by atoms with Crippen molar-refractivity contribution in [2.45, 2.75) is 192 Å². The SMILES string of the molecule is CCCCC/C=C/C/C=C/C/C=C/C/C=C/C/C=C/CCC(=O)OC[C@@H](CO[C@H]1O[C@@H](CO)[C@@H](O)C(O)C1O)OC(=O)/C=C/C=C/CCCCCCCCCCCCC. The minimum absolute atomic E-state index is 0.128. The van der Waals surface area contributed by atoms with E-state index in [1.807, 2.05) is 18.2 Å². The maximum atomic E-state index is 12.7. The van der Waals surface area contributed by atoms with Crippen LogP contribution >= 0.6 is 0 Å². The molecule has 10 heteroatoms. The lowest BCUT2D eigenvalue weighted by atomic mass is 9.99. The van der Waals surface area contributed by atoms with Gasteiger partial charge in [-0.3, -0.25) is 4.79 Å². The molecule has 1 aliphatic rings. The van der Waals surface area contributed by atoms with Crippen LogP contribution in [0.5, 0.6) is 0 Å². The number of carbonyl (C=O) groups is 2. The third kappa shape index (κ3) is 30.5. The van der Waals surface area contributed by atoms with Crippen molar-refractivity contribution in [3.8, 4) is 0 Å². The zero-order chi connectivity index (χ0) is 43.0. The van der Waals surface area contributed by atoms with Crippen LogP contribution in [-0.2, 0) is 28.5 Å². The fraction of sp³-hybridized carbons (Fsp3) is 0.673. The van der Waals surface area contributed by atoms with Crippen LogP contribution in [0.2, 0.25) is 0 Å². The van der Waals surface area contributed by atoms with Gasteiger partial charge in [0.05, 0.1) is 13.2 Å². The summed E-state index contributed by atoms with van der Waals surface area (Å²) >= 11 is 0. The molecule has 1 aliphatic heterocycles. The fourth-order valence-corrected chi connectivity index (χ4v) is 6.25. The molecule has 1 rings (SSSR count). The van der Waals surface area contributed by atoms with Gasteiger partial charge in [0.15, 0.2) is 12.4 Å². The molecule has 0 aromatic rings. The van der Waals surface area contributed by atoms with Crippen molar-refractivity contribution in [3.05, 3.63) is 85.1 Å². The first kappa shape index (κ1) is 53.9. The lowest BCUT2D eigenvalue weighted by molar-refractivity contribution is -0.305. The van der Waals surface area contributed by atoms with Gasteiger partial charge in [-0.15, -0.1) is 0 Å². The first-order valence-corrected chi connectivity index (χ1v) is 22.7. The Hall–Kier alpha value is -3.12. The second-order valence-electron chi connectivity index (χ2n) is 15.2. The number of rotatable bonds is 36. The van der Waals surface area contributed by atoms with Gasteiger partial charge < -0.3 is 39.4 Å². The topological polar surface area (TPSA) is 152 Å². The lowest BCUT2D eigenvalue weighted by Gasteiger charge is -2.39. The van der Waals surface area contributed by atoms with E-state index in [9.17, 15) is 30.0 Å². The van der Waals surface area contributed by atoms with Crippen molar-refractivity contribution >= 4 is 11.9 Å². The smallest absolute Gasteiger partial charge is 0.331 e. The third-order valence-electron chi connectivity index (χ3n) is 9.87. The number of allylic oxidation sites excluding steroid dienone is 13. The van der Waals surface area contributed by atoms with E-state index in [-0.39, 0.29) is 19.6 Å². The third-order valence-corrected chi connectivity index (χ3v) is 9.87. The number of aliphatic hydroxyl groups excluding tert-OH is 4. The van der Waals surface area contributed by atoms with Crippen molar-refractivity contribution in [2.24, 2.45) is 0 Å². The average Bonchev–Trinajstić information content (AvgIpc) is 3.23. The molecule has 1 saturated heterocycles. The molecule has 0 spiro atoms. The van der Waals surface area contributed by atoms with E-state index in [1.165, 1.54) is 96.0 Å². The monoisotopic (exact) mass is 829 g/mol. The van der Waals surface area contributed by atoms with Crippen LogP contribution in [0.4, 0.5) is 0 Å². The van der Waals surface area contributed by atoms with Crippen molar-refractivity contribution < 1.29 is 49.0 Å². The summed E-state index contributed by atoms with van der Waals surface area (Å²) in [6.07, 6.45) is 43.7. The normalized spacial score (nSPS) is 20.8. The maximum Gasteiger partial charge on any atom is 0.331 e. The molecule has 336 valence electrons. The minimum atomic E-state index is -1.63. The molecule has 6 atom stereocenters. The summed E-state index contributed by atoms with van der Waals surface area (Å²) < 4.78 is 21.9. The molecule has 0 aromatic carbocycles. The van der Waals surface area contributed by atoms with E-state index in [2.05, 4.69) is 62.5 Å². The second-order valence-corrected chi connectivity index (χ2v) is 15.2. The summed E-state index contributed by atoms with van der Waals surface area (Å²) in [7, 11) is 0. The van der Waals surface area contributed by atoms with E-state index in [4.69, 9.17) is 18.9 Å². The fourth-order valence-electron chi connectivity index (χ4n) is 6.25. The Labute approximate surface area is 356 Å². The molecular weight excluding hydrogens is 749 g/mol. The van der Waals surface area contributed by atoms with Crippen LogP contribution in [-0.4, -0.2) is 89.0 Å². The number of hydrogen-bond acceptors (Lipinski definition) is 10. The Balaban J connectivity index is 2.44. The summed E-state index contributed by atoms with van der Waals surface area (Å²) in [6, 6.07) is 0. The van der Waals surface area contributed by atoms with Crippen LogP contribution in [0, 0.1) is 0 Å². The molecule has 59 heavy (non-hydrogen) atoms. The highest BCUT2D eigenvalue weighted by Crippen LogP contribution is 2.22. The van der Waals surface area contributed by atoms with Gasteiger partial charge in [0, 0.05) is 12.5 Å². The number of unbranched alkanes of at least 4 members (excludes halogenated alkanes) is 14. The Morgan fingerprint density at radius 3 is 1.64 bits per heavy atom. The van der Waals surface area contributed by atoms with Crippen molar-refractivity contribution in [3.63, 3.8) is 0 Å². The first-order chi connectivity index (χ1) is 28.8. The van der Waals surface area contributed by atoms with Gasteiger partial charge in [0.2, 0.25) is 0 Å². The van der Waals surface area contributed by atoms with Crippen molar-refractivity contribution in [2.75, 3.05) is 19.8 Å². The standard InChI is InChI=1S/C49H80O10/c1-3-5-7-9-11-13-15-17-19-20-21-22-24-25-27-29-31-33-35-37-44(51)56-40-42(41-57-49-48(55)47(54)46(53)43(39-50)59-49)58-45(52)38-36-34-32-30-28-26-23-18-16-14-12-10-8-6-4-2/h11,13,17,19,21-22,25,27,31-34,36,38,42-43,46-50,53-55H,3-10,12,14-16,18,20,23-24,26,28-30,35,37,39-41H2,1-2H3/b13-11+,19-17+,22-21+,27-25+,33-31+,34-32+,38-36+/t42-,43-,46+,47?,48?,49-/m0/s1. The second kappa shape index (κ2) is 39.0. The largest absolute Gasteiger partial charge is 0.462 e. The summed E-state index contributed by atoms with van der Waals surface area (Å²) in [4.78, 5) is 25.2. The quantitative estimate of drug-likeness (QED) is 0.0158. The molecule has 0 radical (unpaired) electrons. The van der Waals surface area contributed by atoms with Crippen LogP contribution in [0.3, 0.4) is 0 Å². The lowest BCUT2D eigenvalue weighted by Crippen LogP contribution is -2.59. The Morgan fingerprint density at radius 2 is 1.07 bits per heavy atom. The average molecular weight is 829 g/mol. The van der Waals surface area contributed by atoms with Gasteiger partial charge in [-0.2, -0.15) is 0 Å². The molecule has 0 bridgehead atoms. The van der Waals surface area contributed by atoms with Crippen LogP contribution in [0.25, 0.3) is 0 Å². The predicted octanol–water partition coefficient (Wildman–Crippen LogP) is 9.77. The highest BCUT2D eigenvalue weighted by atomic mass is 16.7. The van der Waals surface area contributed by atoms with Gasteiger partial charge >= 0.3 is 11.9 Å². The highest BCUT2D eigenvalue weighted by molar-refractivity contribution is 5.82. The van der Waals surface area contributed by atoms with Crippen molar-refractivity contribution in [1.29, 1.82) is 0 Å². The highest BCUT2D eigenvalue weighted by Gasteiger charge is 2.44. The van der Waals surface area contributed by atoms with Gasteiger partial charge in [0.1, 0.15) is 31.0 Å². The Bertz CT molecular complexity index is 1230. The summed E-state index contributed by atoms with van der Waals surface area (Å²) in [5, 5.41) is 40.0. The minimum Gasteiger partial charge on any atom is -0.462 e. The molecule has 0 amide bonds. The summed E-state index contributed by atoms with van der Waals surface area (Å²) in [5.74, 6) is -1.16. The molecule has 2 unspecified atom stereocenters. The molecule has 1 fully saturated rings. The molecule has 0 saturated carbocycles. The van der Waals surface area contributed by atoms with Gasteiger partial charge in [-0.1, -0.05) is 170 Å². The van der Waals surface area contributed by atoms with Gasteiger partial charge in [-0.25, -0.2) is 4.79 Å². The molecule has 0 aliphatic carbocycles. The zero-order valence-corrected chi connectivity index (χ0v) is 36.5. The van der Waals surface area contributed by atoms with Crippen LogP contribution < -0.4 is 0 Å². The molecule has 1 heterocycles.